The second-order valence-corrected chi connectivity index (χ2v) is 7.01. The molecule has 1 atom stereocenters. The Morgan fingerprint density at radius 1 is 1.17 bits per heavy atom. The van der Waals surface area contributed by atoms with E-state index < -0.39 is 6.04 Å². The molecule has 1 aromatic carbocycles. The third-order valence-electron chi connectivity index (χ3n) is 4.71. The summed E-state index contributed by atoms with van der Waals surface area (Å²) in [7, 11) is 1.39. The van der Waals surface area contributed by atoms with Crippen LogP contribution in [0.1, 0.15) is 19.3 Å². The summed E-state index contributed by atoms with van der Waals surface area (Å²) in [6.07, 6.45) is 1.50. The van der Waals surface area contributed by atoms with Crippen LogP contribution in [0.5, 0.6) is 0 Å². The second kappa shape index (κ2) is 7.03. The maximum atomic E-state index is 12.7. The molecule has 2 fully saturated rings. The number of hydrogen-bond acceptors (Lipinski definition) is 5. The van der Waals surface area contributed by atoms with Crippen LogP contribution in [0.15, 0.2) is 28.7 Å². The number of ether oxygens (including phenoxy) is 1. The molecule has 0 aliphatic carbocycles. The average Bonchev–Trinajstić information content (AvgIpc) is 2.90. The predicted molar refractivity (Wildman–Crippen MR) is 91.4 cm³/mol. The van der Waals surface area contributed by atoms with Gasteiger partial charge < -0.3 is 4.74 Å². The number of piperidine rings is 1. The van der Waals surface area contributed by atoms with Gasteiger partial charge in [-0.15, -0.1) is 0 Å². The van der Waals surface area contributed by atoms with Gasteiger partial charge in [0.05, 0.1) is 31.2 Å². The lowest BCUT2D eigenvalue weighted by molar-refractivity contribution is -0.147. The van der Waals surface area contributed by atoms with Crippen molar-refractivity contribution in [2.24, 2.45) is 5.92 Å². The topological polar surface area (TPSA) is 66.9 Å². The minimum Gasteiger partial charge on any atom is -0.469 e. The van der Waals surface area contributed by atoms with Crippen LogP contribution in [0.2, 0.25) is 0 Å². The third-order valence-corrected chi connectivity index (χ3v) is 5.24. The summed E-state index contributed by atoms with van der Waals surface area (Å²) in [6.45, 7) is 1.25. The summed E-state index contributed by atoms with van der Waals surface area (Å²) in [5.74, 6) is -0.665. The predicted octanol–water partition coefficient (Wildman–Crippen LogP) is 1.97. The quantitative estimate of drug-likeness (QED) is 0.578. The number of anilines is 1. The number of hydrogen-bond donors (Lipinski definition) is 0. The van der Waals surface area contributed by atoms with E-state index in [1.54, 1.807) is 12.1 Å². The zero-order valence-corrected chi connectivity index (χ0v) is 15.0. The lowest BCUT2D eigenvalue weighted by Crippen LogP contribution is -2.46. The van der Waals surface area contributed by atoms with Crippen LogP contribution >= 0.6 is 15.9 Å². The van der Waals surface area contributed by atoms with E-state index in [1.165, 1.54) is 12.0 Å². The fourth-order valence-corrected chi connectivity index (χ4v) is 3.64. The molecule has 6 nitrogen and oxygen atoms in total. The van der Waals surface area contributed by atoms with Crippen molar-refractivity contribution in [1.82, 2.24) is 4.90 Å². The maximum Gasteiger partial charge on any atom is 0.308 e. The minimum absolute atomic E-state index is 0.110. The van der Waals surface area contributed by atoms with Gasteiger partial charge in [0.25, 0.3) is 5.91 Å². The molecule has 128 valence electrons. The first-order valence-corrected chi connectivity index (χ1v) is 8.75. The lowest BCUT2D eigenvalue weighted by atomic mass is 9.95. The van der Waals surface area contributed by atoms with Crippen molar-refractivity contribution >= 4 is 39.4 Å². The van der Waals surface area contributed by atoms with Crippen molar-refractivity contribution < 1.29 is 19.1 Å². The number of carbonyl (C=O) groups is 3. The standard InChI is InChI=1S/C17H19BrN2O4/c1-24-17(23)11-6-8-19(9-7-11)14-10-15(21)20(16(14)22)13-4-2-12(18)3-5-13/h2-5,11,14H,6-10H2,1H3/t14-/m1/s1. The van der Waals surface area contributed by atoms with E-state index in [-0.39, 0.29) is 30.1 Å². The molecule has 0 radical (unpaired) electrons. The van der Waals surface area contributed by atoms with E-state index in [0.717, 1.165) is 4.47 Å². The molecule has 0 spiro atoms. The molecule has 1 aromatic rings. The van der Waals surface area contributed by atoms with E-state index in [4.69, 9.17) is 4.74 Å². The van der Waals surface area contributed by atoms with E-state index in [9.17, 15) is 14.4 Å². The highest BCUT2D eigenvalue weighted by molar-refractivity contribution is 9.10. The van der Waals surface area contributed by atoms with Gasteiger partial charge in [-0.2, -0.15) is 0 Å². The molecular weight excluding hydrogens is 376 g/mol. The van der Waals surface area contributed by atoms with E-state index in [0.29, 0.717) is 31.6 Å². The van der Waals surface area contributed by atoms with E-state index >= 15 is 0 Å². The number of amides is 2. The van der Waals surface area contributed by atoms with E-state index in [2.05, 4.69) is 15.9 Å². The number of nitrogens with zero attached hydrogens (tertiary/aromatic N) is 2. The Balaban J connectivity index is 1.68. The smallest absolute Gasteiger partial charge is 0.308 e. The van der Waals surface area contributed by atoms with Gasteiger partial charge in [0, 0.05) is 4.47 Å². The molecule has 2 amide bonds. The van der Waals surface area contributed by atoms with Gasteiger partial charge in [0.2, 0.25) is 5.91 Å². The highest BCUT2D eigenvalue weighted by atomic mass is 79.9. The van der Waals surface area contributed by atoms with Crippen LogP contribution in [0.3, 0.4) is 0 Å². The number of methoxy groups -OCH3 is 1. The summed E-state index contributed by atoms with van der Waals surface area (Å²) >= 11 is 3.35. The summed E-state index contributed by atoms with van der Waals surface area (Å²) in [4.78, 5) is 39.9. The second-order valence-electron chi connectivity index (χ2n) is 6.10. The zero-order valence-electron chi connectivity index (χ0n) is 13.4. The summed E-state index contributed by atoms with van der Waals surface area (Å²) in [5.41, 5.74) is 0.597. The van der Waals surface area contributed by atoms with Crippen LogP contribution in [-0.4, -0.2) is 48.9 Å². The number of esters is 1. The number of halogens is 1. The molecule has 24 heavy (non-hydrogen) atoms. The van der Waals surface area contributed by atoms with Crippen LogP contribution < -0.4 is 4.90 Å². The van der Waals surface area contributed by atoms with Gasteiger partial charge in [-0.1, -0.05) is 15.9 Å². The van der Waals surface area contributed by atoms with Crippen molar-refractivity contribution in [3.63, 3.8) is 0 Å². The molecule has 7 heteroatoms. The molecule has 0 unspecified atom stereocenters. The molecule has 0 N–H and O–H groups in total. The Morgan fingerprint density at radius 2 is 1.79 bits per heavy atom. The van der Waals surface area contributed by atoms with Gasteiger partial charge in [-0.05, 0) is 50.2 Å². The van der Waals surface area contributed by atoms with Crippen LogP contribution in [0.4, 0.5) is 5.69 Å². The molecule has 2 aliphatic rings. The Morgan fingerprint density at radius 3 is 2.38 bits per heavy atom. The first kappa shape index (κ1) is 17.1. The highest BCUT2D eigenvalue weighted by Crippen LogP contribution is 2.29. The molecule has 0 bridgehead atoms. The fraction of sp³-hybridized carbons (Fsp3) is 0.471. The normalized spacial score (nSPS) is 22.9. The Labute approximate surface area is 148 Å². The number of imide groups is 1. The first-order valence-electron chi connectivity index (χ1n) is 7.95. The average molecular weight is 395 g/mol. The van der Waals surface area contributed by atoms with Crippen molar-refractivity contribution in [2.45, 2.75) is 25.3 Å². The van der Waals surface area contributed by atoms with Gasteiger partial charge in [0.15, 0.2) is 0 Å². The molecule has 2 heterocycles. The monoisotopic (exact) mass is 394 g/mol. The van der Waals surface area contributed by atoms with E-state index in [1.807, 2.05) is 17.0 Å². The van der Waals surface area contributed by atoms with Crippen molar-refractivity contribution in [3.8, 4) is 0 Å². The molecule has 0 aromatic heterocycles. The highest BCUT2D eigenvalue weighted by Gasteiger charge is 2.43. The van der Waals surface area contributed by atoms with Crippen molar-refractivity contribution in [3.05, 3.63) is 28.7 Å². The number of likely N-dealkylation sites (tertiary alicyclic amines) is 1. The van der Waals surface area contributed by atoms with Crippen LogP contribution in [0.25, 0.3) is 0 Å². The summed E-state index contributed by atoms with van der Waals surface area (Å²) in [5, 5.41) is 0. The zero-order chi connectivity index (χ0) is 17.3. The van der Waals surface area contributed by atoms with Gasteiger partial charge in [0.1, 0.15) is 0 Å². The lowest BCUT2D eigenvalue weighted by Gasteiger charge is -2.33. The number of benzene rings is 1. The number of rotatable bonds is 3. The van der Waals surface area contributed by atoms with Gasteiger partial charge >= 0.3 is 5.97 Å². The maximum absolute atomic E-state index is 12.7. The largest absolute Gasteiger partial charge is 0.469 e. The summed E-state index contributed by atoms with van der Waals surface area (Å²) in [6, 6.07) is 6.70. The minimum atomic E-state index is -0.431. The first-order chi connectivity index (χ1) is 11.5. The van der Waals surface area contributed by atoms with Gasteiger partial charge in [-0.25, -0.2) is 4.90 Å². The SMILES string of the molecule is COC(=O)C1CCN([C@@H]2CC(=O)N(c3ccc(Br)cc3)C2=O)CC1. The molecule has 2 aliphatic heterocycles. The van der Waals surface area contributed by atoms with Gasteiger partial charge in [-0.3, -0.25) is 19.3 Å². The van der Waals surface area contributed by atoms with Crippen LogP contribution in [0, 0.1) is 5.92 Å². The fourth-order valence-electron chi connectivity index (χ4n) is 3.38. The Kier molecular flexibility index (Phi) is 5.01. The van der Waals surface area contributed by atoms with Crippen molar-refractivity contribution in [1.29, 1.82) is 0 Å². The molecule has 3 rings (SSSR count). The Bertz CT molecular complexity index is 653. The van der Waals surface area contributed by atoms with Crippen LogP contribution in [-0.2, 0) is 19.1 Å². The molecule has 0 saturated carbocycles. The molecule has 2 saturated heterocycles. The Hall–Kier alpha value is -1.73. The number of carbonyl (C=O) groups excluding carboxylic acids is 3. The summed E-state index contributed by atoms with van der Waals surface area (Å²) < 4.78 is 5.68. The molecular formula is C17H19BrN2O4. The van der Waals surface area contributed by atoms with Crippen molar-refractivity contribution in [2.75, 3.05) is 25.1 Å². The third kappa shape index (κ3) is 3.23.